The van der Waals surface area contributed by atoms with Crippen molar-refractivity contribution in [3.63, 3.8) is 0 Å². The van der Waals surface area contributed by atoms with Crippen LogP contribution in [-0.4, -0.2) is 29.9 Å². The van der Waals surface area contributed by atoms with E-state index in [2.05, 4.69) is 4.98 Å². The lowest BCUT2D eigenvalue weighted by Gasteiger charge is -2.25. The lowest BCUT2D eigenvalue weighted by Crippen LogP contribution is -2.18. The van der Waals surface area contributed by atoms with Crippen LogP contribution in [0.15, 0.2) is 54.9 Å². The molecule has 4 rings (SSSR count). The molecule has 0 saturated carbocycles. The molecule has 2 aromatic carbocycles. The molecule has 32 heavy (non-hydrogen) atoms. The third kappa shape index (κ3) is 4.14. The monoisotopic (exact) mass is 432 g/mol. The lowest BCUT2D eigenvalue weighted by molar-refractivity contribution is 0.0931. The van der Waals surface area contributed by atoms with Gasteiger partial charge in [-0.2, -0.15) is 0 Å². The molecule has 1 aliphatic rings. The van der Waals surface area contributed by atoms with E-state index in [4.69, 9.17) is 19.9 Å². The van der Waals surface area contributed by atoms with Gasteiger partial charge in [0, 0.05) is 41.1 Å². The zero-order chi connectivity index (χ0) is 22.7. The van der Waals surface area contributed by atoms with Gasteiger partial charge in [-0.1, -0.05) is 6.07 Å². The number of ether oxygens (including phenoxy) is 3. The Balaban J connectivity index is 1.80. The van der Waals surface area contributed by atoms with Crippen molar-refractivity contribution < 1.29 is 23.8 Å². The first-order valence-corrected chi connectivity index (χ1v) is 10.4. The summed E-state index contributed by atoms with van der Waals surface area (Å²) in [4.78, 5) is 28.0. The molecule has 0 saturated heterocycles. The number of primary amides is 1. The van der Waals surface area contributed by atoms with Crippen LogP contribution in [0.25, 0.3) is 0 Å². The van der Waals surface area contributed by atoms with E-state index in [9.17, 15) is 9.59 Å². The van der Waals surface area contributed by atoms with Crippen LogP contribution in [0.5, 0.6) is 17.2 Å². The van der Waals surface area contributed by atoms with Crippen LogP contribution in [0.4, 0.5) is 0 Å². The van der Waals surface area contributed by atoms with E-state index in [0.717, 1.165) is 16.7 Å². The number of carbonyl (C=O) groups excluding carboxylic acids is 2. The van der Waals surface area contributed by atoms with Gasteiger partial charge >= 0.3 is 0 Å². The number of amides is 1. The largest absolute Gasteiger partial charge is 0.493 e. The van der Waals surface area contributed by atoms with Gasteiger partial charge in [-0.25, -0.2) is 0 Å². The number of Topliss-reactive ketones (excluding diaryl/α,β-unsaturated/α-hetero) is 1. The number of fused-ring (bicyclic) bond motifs is 1. The van der Waals surface area contributed by atoms with Crippen LogP contribution in [0.2, 0.25) is 0 Å². The second kappa shape index (κ2) is 9.09. The van der Waals surface area contributed by atoms with Gasteiger partial charge in [0.25, 0.3) is 0 Å². The Hall–Kier alpha value is -3.87. The predicted octanol–water partition coefficient (Wildman–Crippen LogP) is 4.02. The standard InChI is InChI=1S/C25H24N2O5/c1-3-30-22-14-17(25(26)29)4-5-19(22)24(16-8-11-27-12-9-16)32-21-7-6-18-20(28)10-13-31-23(18)15(21)2/h4-9,11-12,14,24H,3,10,13H2,1-2H3,(H2,26,29)/t24-/m0/s1. The minimum Gasteiger partial charge on any atom is -0.493 e. The number of aromatic nitrogens is 1. The van der Waals surface area contributed by atoms with Crippen LogP contribution in [0.1, 0.15) is 56.9 Å². The minimum atomic E-state index is -0.558. The van der Waals surface area contributed by atoms with E-state index >= 15 is 0 Å². The lowest BCUT2D eigenvalue weighted by atomic mass is 9.98. The Kier molecular flexibility index (Phi) is 6.07. The number of rotatable bonds is 7. The maximum Gasteiger partial charge on any atom is 0.248 e. The van der Waals surface area contributed by atoms with E-state index in [-0.39, 0.29) is 5.78 Å². The summed E-state index contributed by atoms with van der Waals surface area (Å²) in [6.45, 7) is 4.50. The Morgan fingerprint density at radius 1 is 1.16 bits per heavy atom. The normalized spacial score (nSPS) is 13.6. The molecular formula is C25H24N2O5. The molecular weight excluding hydrogens is 408 g/mol. The highest BCUT2D eigenvalue weighted by Gasteiger charge is 2.26. The first-order valence-electron chi connectivity index (χ1n) is 10.4. The SMILES string of the molecule is CCOc1cc(C(N)=O)ccc1[C@@H](Oc1ccc2c(c1C)OCCC2=O)c1ccncc1. The molecule has 0 aliphatic carbocycles. The van der Waals surface area contributed by atoms with Gasteiger partial charge in [0.05, 0.1) is 18.8 Å². The summed E-state index contributed by atoms with van der Waals surface area (Å²) in [5, 5.41) is 0. The summed E-state index contributed by atoms with van der Waals surface area (Å²) >= 11 is 0. The van der Waals surface area contributed by atoms with E-state index in [1.807, 2.05) is 26.0 Å². The number of ketones is 1. The first-order chi connectivity index (χ1) is 15.5. The quantitative estimate of drug-likeness (QED) is 0.605. The zero-order valence-electron chi connectivity index (χ0n) is 18.0. The van der Waals surface area contributed by atoms with Crippen LogP contribution in [0, 0.1) is 6.92 Å². The summed E-state index contributed by atoms with van der Waals surface area (Å²) in [6, 6.07) is 12.3. The zero-order valence-corrected chi connectivity index (χ0v) is 18.0. The van der Waals surface area contributed by atoms with Gasteiger partial charge in [0.15, 0.2) is 11.9 Å². The van der Waals surface area contributed by atoms with E-state index < -0.39 is 12.0 Å². The molecule has 2 N–H and O–H groups in total. The molecule has 7 nitrogen and oxygen atoms in total. The van der Waals surface area contributed by atoms with Crippen molar-refractivity contribution in [1.82, 2.24) is 4.98 Å². The van der Waals surface area contributed by atoms with Gasteiger partial charge in [-0.05, 0) is 50.2 Å². The maximum atomic E-state index is 12.2. The van der Waals surface area contributed by atoms with E-state index in [0.29, 0.717) is 48.0 Å². The number of hydrogen-bond acceptors (Lipinski definition) is 6. The molecule has 1 aromatic heterocycles. The van der Waals surface area contributed by atoms with Crippen molar-refractivity contribution in [1.29, 1.82) is 0 Å². The Labute approximate surface area is 186 Å². The molecule has 164 valence electrons. The van der Waals surface area contributed by atoms with Crippen molar-refractivity contribution in [2.24, 2.45) is 5.73 Å². The van der Waals surface area contributed by atoms with Gasteiger partial charge < -0.3 is 19.9 Å². The summed E-state index contributed by atoms with van der Waals surface area (Å²) in [7, 11) is 0. The number of nitrogens with two attached hydrogens (primary N) is 1. The van der Waals surface area contributed by atoms with Crippen molar-refractivity contribution in [2.75, 3.05) is 13.2 Å². The minimum absolute atomic E-state index is 0.0623. The fourth-order valence-electron chi connectivity index (χ4n) is 3.75. The first kappa shape index (κ1) is 21.4. The van der Waals surface area contributed by atoms with Gasteiger partial charge in [0.2, 0.25) is 5.91 Å². The number of hydrogen-bond donors (Lipinski definition) is 1. The summed E-state index contributed by atoms with van der Waals surface area (Å²) in [5.74, 6) is 1.18. The van der Waals surface area contributed by atoms with Crippen LogP contribution in [-0.2, 0) is 0 Å². The Bertz CT molecular complexity index is 1160. The molecule has 0 spiro atoms. The molecule has 0 unspecified atom stereocenters. The highest BCUT2D eigenvalue weighted by atomic mass is 16.5. The highest BCUT2D eigenvalue weighted by Crippen LogP contribution is 2.40. The average Bonchev–Trinajstić information content (AvgIpc) is 2.80. The van der Waals surface area contributed by atoms with Crippen molar-refractivity contribution in [3.8, 4) is 17.2 Å². The van der Waals surface area contributed by atoms with Gasteiger partial charge in [-0.15, -0.1) is 0 Å². The predicted molar refractivity (Wildman–Crippen MR) is 118 cm³/mol. The van der Waals surface area contributed by atoms with Crippen molar-refractivity contribution in [2.45, 2.75) is 26.4 Å². The number of pyridine rings is 1. The van der Waals surface area contributed by atoms with Crippen LogP contribution >= 0.6 is 0 Å². The molecule has 0 fully saturated rings. The summed E-state index contributed by atoms with van der Waals surface area (Å²) < 4.78 is 18.1. The van der Waals surface area contributed by atoms with E-state index in [1.54, 1.807) is 42.7 Å². The second-order valence-electron chi connectivity index (χ2n) is 7.42. The average molecular weight is 432 g/mol. The number of benzene rings is 2. The Morgan fingerprint density at radius 2 is 1.94 bits per heavy atom. The fraction of sp³-hybridized carbons (Fsp3) is 0.240. The molecule has 3 aromatic rings. The van der Waals surface area contributed by atoms with Gasteiger partial charge in [0.1, 0.15) is 17.2 Å². The summed E-state index contributed by atoms with van der Waals surface area (Å²) in [5.41, 5.74) is 8.72. The second-order valence-corrected chi connectivity index (χ2v) is 7.42. The topological polar surface area (TPSA) is 101 Å². The molecule has 1 amide bonds. The molecule has 1 atom stereocenters. The third-order valence-corrected chi connectivity index (χ3v) is 5.37. The summed E-state index contributed by atoms with van der Waals surface area (Å²) in [6.07, 6.45) is 3.19. The fourth-order valence-corrected chi connectivity index (χ4v) is 3.75. The van der Waals surface area contributed by atoms with Crippen LogP contribution in [0.3, 0.4) is 0 Å². The molecule has 0 radical (unpaired) electrons. The van der Waals surface area contributed by atoms with Gasteiger partial charge in [-0.3, -0.25) is 14.6 Å². The Morgan fingerprint density at radius 3 is 2.66 bits per heavy atom. The molecule has 1 aliphatic heterocycles. The highest BCUT2D eigenvalue weighted by molar-refractivity contribution is 6.00. The number of nitrogens with zero attached hydrogens (tertiary/aromatic N) is 1. The smallest absolute Gasteiger partial charge is 0.248 e. The third-order valence-electron chi connectivity index (χ3n) is 5.37. The van der Waals surface area contributed by atoms with E-state index in [1.165, 1.54) is 0 Å². The van der Waals surface area contributed by atoms with Crippen LogP contribution < -0.4 is 19.9 Å². The number of carbonyl (C=O) groups is 2. The van der Waals surface area contributed by atoms with Crippen molar-refractivity contribution >= 4 is 11.7 Å². The molecule has 2 heterocycles. The molecule has 7 heteroatoms. The maximum absolute atomic E-state index is 12.2. The molecule has 0 bridgehead atoms. The van der Waals surface area contributed by atoms with Crippen molar-refractivity contribution in [3.05, 3.63) is 82.7 Å².